The summed E-state index contributed by atoms with van der Waals surface area (Å²) in [6.45, 7) is 1.32. The maximum absolute atomic E-state index is 12.5. The second kappa shape index (κ2) is 11.0. The zero-order chi connectivity index (χ0) is 25.9. The number of aromatic amines is 1. The van der Waals surface area contributed by atoms with Crippen LogP contribution in [0.4, 0.5) is 13.2 Å². The molecule has 1 aromatic heterocycles. The van der Waals surface area contributed by atoms with Gasteiger partial charge < -0.3 is 25.2 Å². The average Bonchev–Trinajstić information content (AvgIpc) is 2.93. The Kier molecular flexibility index (Phi) is 9.21. The molecule has 1 saturated heterocycles. The highest BCUT2D eigenvalue weighted by Gasteiger charge is 2.53. The average molecular weight is 535 g/mol. The maximum Gasteiger partial charge on any atom is 0.472 e. The van der Waals surface area contributed by atoms with Crippen LogP contribution in [-0.2, 0) is 23.1 Å². The van der Waals surface area contributed by atoms with Crippen molar-refractivity contribution in [2.24, 2.45) is 0 Å². The number of carbonyl (C=O) groups excluding carboxylic acids is 1. The molecule has 1 aliphatic rings. The first-order chi connectivity index (χ1) is 15.6. The maximum atomic E-state index is 12.5. The number of hydrogen-bond donors (Lipinski definition) is 5. The van der Waals surface area contributed by atoms with E-state index in [0.29, 0.717) is 6.42 Å². The predicted molar refractivity (Wildman–Crippen MR) is 111 cm³/mol. The number of nitrogens with zero attached hydrogens (tertiary/aromatic N) is 1. The van der Waals surface area contributed by atoms with Crippen molar-refractivity contribution in [1.29, 1.82) is 0 Å². The Morgan fingerprint density at radius 3 is 2.68 bits per heavy atom. The molecule has 194 valence electrons. The normalized spacial score (nSPS) is 27.8. The Morgan fingerprint density at radius 2 is 2.12 bits per heavy atom. The van der Waals surface area contributed by atoms with Crippen LogP contribution in [-0.4, -0.2) is 73.8 Å². The van der Waals surface area contributed by atoms with Gasteiger partial charge in [-0.15, -0.1) is 0 Å². The summed E-state index contributed by atoms with van der Waals surface area (Å²) in [5, 5.41) is 22.8. The molecular formula is C17H25F3N3O9PS. The highest BCUT2D eigenvalue weighted by molar-refractivity contribution is 7.71. The lowest BCUT2D eigenvalue weighted by Crippen LogP contribution is -2.45. The van der Waals surface area contributed by atoms with Crippen molar-refractivity contribution in [3.63, 3.8) is 0 Å². The first-order valence-electron chi connectivity index (χ1n) is 9.95. The molecule has 1 amide bonds. The third-order valence-corrected chi connectivity index (χ3v) is 6.19. The van der Waals surface area contributed by atoms with Crippen molar-refractivity contribution in [3.05, 3.63) is 27.4 Å². The number of halogens is 3. The molecule has 0 saturated carbocycles. The van der Waals surface area contributed by atoms with Crippen LogP contribution in [0.5, 0.6) is 0 Å². The molecule has 0 aromatic carbocycles. The van der Waals surface area contributed by atoms with E-state index in [-0.39, 0.29) is 11.2 Å². The smallest absolute Gasteiger partial charge is 0.387 e. The largest absolute Gasteiger partial charge is 0.472 e. The van der Waals surface area contributed by atoms with Gasteiger partial charge in [0.1, 0.15) is 17.8 Å². The molecule has 34 heavy (non-hydrogen) atoms. The lowest BCUT2D eigenvalue weighted by atomic mass is 9.96. The van der Waals surface area contributed by atoms with Crippen molar-refractivity contribution in [1.82, 2.24) is 14.9 Å². The number of H-pyrrole nitrogens is 1. The molecule has 12 nitrogen and oxygen atoms in total. The highest BCUT2D eigenvalue weighted by atomic mass is 32.1. The Balaban J connectivity index is 2.01. The van der Waals surface area contributed by atoms with Crippen LogP contribution in [0, 0.1) is 4.77 Å². The molecule has 1 fully saturated rings. The monoisotopic (exact) mass is 535 g/mol. The summed E-state index contributed by atoms with van der Waals surface area (Å²) in [5.41, 5.74) is -2.47. The number of hydrogen-bond acceptors (Lipinski definition) is 9. The van der Waals surface area contributed by atoms with Crippen LogP contribution in [0.3, 0.4) is 0 Å². The van der Waals surface area contributed by atoms with Gasteiger partial charge in [0.05, 0.1) is 19.3 Å². The van der Waals surface area contributed by atoms with Gasteiger partial charge in [-0.2, -0.15) is 13.2 Å². The Bertz CT molecular complexity index is 1030. The van der Waals surface area contributed by atoms with E-state index >= 15 is 0 Å². The number of aliphatic hydroxyl groups excluding tert-OH is 1. The van der Waals surface area contributed by atoms with Gasteiger partial charge in [-0.3, -0.25) is 28.2 Å². The number of ether oxygens (including phenoxy) is 1. The number of phosphoric ester groups is 1. The third kappa shape index (κ3) is 7.18. The van der Waals surface area contributed by atoms with Gasteiger partial charge in [0, 0.05) is 12.3 Å². The molecule has 17 heteroatoms. The Labute approximate surface area is 196 Å². The van der Waals surface area contributed by atoms with E-state index < -0.39 is 68.8 Å². The van der Waals surface area contributed by atoms with Gasteiger partial charge in [0.15, 0.2) is 11.0 Å². The fourth-order valence-corrected chi connectivity index (χ4v) is 4.23. The number of aromatic nitrogens is 2. The van der Waals surface area contributed by atoms with Gasteiger partial charge in [-0.1, -0.05) is 13.3 Å². The van der Waals surface area contributed by atoms with Crippen LogP contribution in [0.25, 0.3) is 0 Å². The van der Waals surface area contributed by atoms with Crippen molar-refractivity contribution >= 4 is 25.9 Å². The standard InChI is InChI=1S/C17H25F3N3O9PS/c1-3-4-9(21-13(26)17(18,19)20)7-30-33(28,29)31-8-10-12(25)16(2,27)14(32-10)23-6-5-11(24)22-15(23)34/h5-6,9-10,12,14,25,27H,3-4,7-8H2,1-2H3,(H,21,26)(H,28,29)(H,22,24,34)/t9-,10-,12+,14-,16?/m1/s1. The van der Waals surface area contributed by atoms with E-state index in [9.17, 15) is 42.4 Å². The molecule has 0 aliphatic carbocycles. The van der Waals surface area contributed by atoms with Gasteiger partial charge in [-0.25, -0.2) is 4.57 Å². The van der Waals surface area contributed by atoms with Gasteiger partial charge in [0.25, 0.3) is 5.56 Å². The van der Waals surface area contributed by atoms with Crippen LogP contribution in [0.15, 0.2) is 17.1 Å². The van der Waals surface area contributed by atoms with Crippen molar-refractivity contribution in [3.8, 4) is 0 Å². The molecule has 6 atom stereocenters. The SMILES string of the molecule is CCC[C@H](COP(=O)(O)OC[C@H]1O[C@@H](n2ccc(=O)[nH]c2=S)C(C)(O)[C@H]1O)NC(=O)C(F)(F)F. The fourth-order valence-electron chi connectivity index (χ4n) is 3.19. The highest BCUT2D eigenvalue weighted by Crippen LogP contribution is 2.45. The predicted octanol–water partition coefficient (Wildman–Crippen LogP) is 0.896. The first kappa shape index (κ1) is 28.6. The molecule has 0 spiro atoms. The number of phosphoric acid groups is 1. The summed E-state index contributed by atoms with van der Waals surface area (Å²) >= 11 is 5.01. The van der Waals surface area contributed by atoms with Crippen LogP contribution in [0.1, 0.15) is 32.9 Å². The molecule has 2 rings (SSSR count). The summed E-state index contributed by atoms with van der Waals surface area (Å²) < 4.78 is 65.6. The van der Waals surface area contributed by atoms with E-state index in [0.717, 1.165) is 10.6 Å². The molecule has 2 heterocycles. The minimum Gasteiger partial charge on any atom is -0.387 e. The Hall–Kier alpha value is -1.65. The van der Waals surface area contributed by atoms with Crippen molar-refractivity contribution in [2.45, 2.75) is 62.9 Å². The molecule has 5 N–H and O–H groups in total. The number of alkyl halides is 3. The number of carbonyl (C=O) groups is 1. The number of amides is 1. The van der Waals surface area contributed by atoms with Crippen LogP contribution in [0.2, 0.25) is 0 Å². The second-order valence-corrected chi connectivity index (χ2v) is 9.57. The Morgan fingerprint density at radius 1 is 1.47 bits per heavy atom. The van der Waals surface area contributed by atoms with E-state index in [1.165, 1.54) is 13.1 Å². The topological polar surface area (TPSA) is 172 Å². The van der Waals surface area contributed by atoms with Gasteiger partial charge >= 0.3 is 19.9 Å². The number of rotatable bonds is 10. The minimum atomic E-state index is -5.14. The summed E-state index contributed by atoms with van der Waals surface area (Å²) in [5.74, 6) is -2.22. The quantitative estimate of drug-likeness (QED) is 0.214. The number of nitrogens with one attached hydrogen (secondary N) is 2. The summed E-state index contributed by atoms with van der Waals surface area (Å²) in [6, 6.07) is -0.116. The lowest BCUT2D eigenvalue weighted by Gasteiger charge is -2.28. The fraction of sp³-hybridized carbons (Fsp3) is 0.706. The molecule has 1 aliphatic heterocycles. The molecule has 0 bridgehead atoms. The molecular weight excluding hydrogens is 510 g/mol. The first-order valence-corrected chi connectivity index (χ1v) is 11.9. The van der Waals surface area contributed by atoms with E-state index in [4.69, 9.17) is 26.0 Å². The van der Waals surface area contributed by atoms with E-state index in [2.05, 4.69) is 4.98 Å². The summed E-state index contributed by atoms with van der Waals surface area (Å²) in [7, 11) is -4.86. The molecule has 1 aromatic rings. The van der Waals surface area contributed by atoms with E-state index in [1.807, 2.05) is 0 Å². The van der Waals surface area contributed by atoms with E-state index in [1.54, 1.807) is 12.2 Å². The number of aliphatic hydroxyl groups is 2. The second-order valence-electron chi connectivity index (χ2n) is 7.73. The van der Waals surface area contributed by atoms with Crippen molar-refractivity contribution < 1.29 is 51.4 Å². The molecule has 0 radical (unpaired) electrons. The minimum absolute atomic E-state index is 0.0244. The summed E-state index contributed by atoms with van der Waals surface area (Å²) in [4.78, 5) is 34.7. The molecule has 2 unspecified atom stereocenters. The zero-order valence-corrected chi connectivity index (χ0v) is 19.7. The van der Waals surface area contributed by atoms with Crippen LogP contribution >= 0.6 is 20.0 Å². The summed E-state index contributed by atoms with van der Waals surface area (Å²) in [6.07, 6.45) is -7.83. The lowest BCUT2D eigenvalue weighted by molar-refractivity contribution is -0.174. The van der Waals surface area contributed by atoms with Crippen LogP contribution < -0.4 is 10.9 Å². The van der Waals surface area contributed by atoms with Gasteiger partial charge in [-0.05, 0) is 25.6 Å². The van der Waals surface area contributed by atoms with Crippen molar-refractivity contribution in [2.75, 3.05) is 13.2 Å². The third-order valence-electron chi connectivity index (χ3n) is 4.93. The zero-order valence-electron chi connectivity index (χ0n) is 18.0. The van der Waals surface area contributed by atoms with Gasteiger partial charge in [0.2, 0.25) is 0 Å².